The zero-order chi connectivity index (χ0) is 13.7. The maximum atomic E-state index is 3.60. The molecule has 0 spiro atoms. The molecule has 19 heavy (non-hydrogen) atoms. The molecular formula is C17H34N2. The lowest BCUT2D eigenvalue weighted by Crippen LogP contribution is -2.54. The lowest BCUT2D eigenvalue weighted by molar-refractivity contribution is 0.0774. The molecule has 0 aromatic heterocycles. The second kappa shape index (κ2) is 7.64. The number of hydrogen-bond donors (Lipinski definition) is 1. The quantitative estimate of drug-likeness (QED) is 0.786. The third-order valence-electron chi connectivity index (χ3n) is 5.28. The molecule has 2 aliphatic rings. The van der Waals surface area contributed by atoms with Crippen molar-refractivity contribution in [2.24, 2.45) is 5.92 Å². The highest BCUT2D eigenvalue weighted by atomic mass is 15.2. The Morgan fingerprint density at radius 1 is 1.00 bits per heavy atom. The van der Waals surface area contributed by atoms with E-state index < -0.39 is 0 Å². The van der Waals surface area contributed by atoms with Gasteiger partial charge in [-0.15, -0.1) is 0 Å². The zero-order valence-electron chi connectivity index (χ0n) is 13.3. The molecule has 1 N–H and O–H groups in total. The van der Waals surface area contributed by atoms with E-state index in [2.05, 4.69) is 31.1 Å². The Kier molecular flexibility index (Phi) is 6.15. The fourth-order valence-corrected chi connectivity index (χ4v) is 4.11. The SMILES string of the molecule is CNC1CCCCC1N(CCC(C)C)C1CCCC1. The molecular weight excluding hydrogens is 232 g/mol. The van der Waals surface area contributed by atoms with Crippen molar-refractivity contribution in [3.05, 3.63) is 0 Å². The van der Waals surface area contributed by atoms with E-state index in [0.717, 1.165) is 24.0 Å². The molecule has 2 heteroatoms. The van der Waals surface area contributed by atoms with Crippen LogP contribution in [0.1, 0.15) is 71.6 Å². The minimum absolute atomic E-state index is 0.738. The van der Waals surface area contributed by atoms with Crippen LogP contribution in [0.3, 0.4) is 0 Å². The van der Waals surface area contributed by atoms with Crippen LogP contribution in [0, 0.1) is 5.92 Å². The fraction of sp³-hybridized carbons (Fsp3) is 1.00. The third-order valence-corrected chi connectivity index (χ3v) is 5.28. The standard InChI is InChI=1S/C17H34N2/c1-14(2)12-13-19(15-8-4-5-9-15)17-11-7-6-10-16(17)18-3/h14-18H,4-13H2,1-3H3. The van der Waals surface area contributed by atoms with Crippen molar-refractivity contribution in [2.75, 3.05) is 13.6 Å². The summed E-state index contributed by atoms with van der Waals surface area (Å²) in [5, 5.41) is 3.60. The molecule has 2 nitrogen and oxygen atoms in total. The highest BCUT2D eigenvalue weighted by Crippen LogP contribution is 2.31. The number of rotatable bonds is 6. The third kappa shape index (κ3) is 4.19. The second-order valence-corrected chi connectivity index (χ2v) is 7.11. The fourth-order valence-electron chi connectivity index (χ4n) is 4.11. The molecule has 0 aliphatic heterocycles. The molecule has 2 atom stereocenters. The summed E-state index contributed by atoms with van der Waals surface area (Å²) in [6, 6.07) is 2.43. The van der Waals surface area contributed by atoms with Gasteiger partial charge in [-0.3, -0.25) is 4.90 Å². The number of likely N-dealkylation sites (N-methyl/N-ethyl adjacent to an activating group) is 1. The molecule has 2 saturated carbocycles. The molecule has 0 bridgehead atoms. The number of hydrogen-bond acceptors (Lipinski definition) is 2. The van der Waals surface area contributed by atoms with Crippen molar-refractivity contribution < 1.29 is 0 Å². The van der Waals surface area contributed by atoms with E-state index in [9.17, 15) is 0 Å². The van der Waals surface area contributed by atoms with Crippen LogP contribution in [0.25, 0.3) is 0 Å². The molecule has 0 aromatic carbocycles. The summed E-state index contributed by atoms with van der Waals surface area (Å²) in [6.07, 6.45) is 12.8. The average molecular weight is 266 g/mol. The van der Waals surface area contributed by atoms with Crippen LogP contribution < -0.4 is 5.32 Å². The van der Waals surface area contributed by atoms with Crippen LogP contribution in [0.4, 0.5) is 0 Å². The van der Waals surface area contributed by atoms with Gasteiger partial charge < -0.3 is 5.32 Å². The highest BCUT2D eigenvalue weighted by Gasteiger charge is 2.34. The Morgan fingerprint density at radius 3 is 2.26 bits per heavy atom. The van der Waals surface area contributed by atoms with E-state index in [1.54, 1.807) is 0 Å². The molecule has 0 radical (unpaired) electrons. The van der Waals surface area contributed by atoms with Crippen molar-refractivity contribution in [3.8, 4) is 0 Å². The zero-order valence-corrected chi connectivity index (χ0v) is 13.3. The van der Waals surface area contributed by atoms with E-state index in [4.69, 9.17) is 0 Å². The second-order valence-electron chi connectivity index (χ2n) is 7.11. The van der Waals surface area contributed by atoms with Crippen molar-refractivity contribution in [3.63, 3.8) is 0 Å². The van der Waals surface area contributed by atoms with Crippen molar-refractivity contribution in [2.45, 2.75) is 89.8 Å². The lowest BCUT2D eigenvalue weighted by atomic mass is 9.87. The van der Waals surface area contributed by atoms with Gasteiger partial charge in [0.25, 0.3) is 0 Å². The Labute approximate surface area is 120 Å². The first-order chi connectivity index (χ1) is 9.22. The molecule has 112 valence electrons. The first-order valence-corrected chi connectivity index (χ1v) is 8.65. The first kappa shape index (κ1) is 15.3. The Morgan fingerprint density at radius 2 is 1.63 bits per heavy atom. The summed E-state index contributed by atoms with van der Waals surface area (Å²) in [5.41, 5.74) is 0. The molecule has 0 amide bonds. The lowest BCUT2D eigenvalue weighted by Gasteiger charge is -2.43. The van der Waals surface area contributed by atoms with Crippen LogP contribution in [0.15, 0.2) is 0 Å². The van der Waals surface area contributed by atoms with E-state index in [-0.39, 0.29) is 0 Å². The van der Waals surface area contributed by atoms with Gasteiger partial charge >= 0.3 is 0 Å². The van der Waals surface area contributed by atoms with Crippen LogP contribution in [0.2, 0.25) is 0 Å². The van der Waals surface area contributed by atoms with E-state index >= 15 is 0 Å². The summed E-state index contributed by atoms with van der Waals surface area (Å²) < 4.78 is 0. The summed E-state index contributed by atoms with van der Waals surface area (Å²) >= 11 is 0. The van der Waals surface area contributed by atoms with Gasteiger partial charge in [0.1, 0.15) is 0 Å². The van der Waals surface area contributed by atoms with Crippen molar-refractivity contribution >= 4 is 0 Å². The maximum absolute atomic E-state index is 3.60. The Balaban J connectivity index is 2.01. The molecule has 2 fully saturated rings. The van der Waals surface area contributed by atoms with Crippen LogP contribution in [-0.4, -0.2) is 36.6 Å². The van der Waals surface area contributed by atoms with Gasteiger partial charge in [-0.25, -0.2) is 0 Å². The van der Waals surface area contributed by atoms with Gasteiger partial charge in [-0.05, 0) is 51.6 Å². The van der Waals surface area contributed by atoms with Gasteiger partial charge in [0.05, 0.1) is 0 Å². The van der Waals surface area contributed by atoms with Gasteiger partial charge in [0, 0.05) is 18.1 Å². The van der Waals surface area contributed by atoms with Crippen LogP contribution >= 0.6 is 0 Å². The minimum Gasteiger partial charge on any atom is -0.315 e. The maximum Gasteiger partial charge on any atom is 0.0252 e. The van der Waals surface area contributed by atoms with Gasteiger partial charge in [0.15, 0.2) is 0 Å². The predicted octanol–water partition coefficient (Wildman–Crippen LogP) is 3.81. The van der Waals surface area contributed by atoms with E-state index in [1.165, 1.54) is 64.3 Å². The molecule has 2 rings (SSSR count). The largest absolute Gasteiger partial charge is 0.315 e. The van der Waals surface area contributed by atoms with Crippen LogP contribution in [-0.2, 0) is 0 Å². The minimum atomic E-state index is 0.738. The summed E-state index contributed by atoms with van der Waals surface area (Å²) in [4.78, 5) is 2.91. The van der Waals surface area contributed by atoms with Crippen molar-refractivity contribution in [1.82, 2.24) is 10.2 Å². The van der Waals surface area contributed by atoms with E-state index in [1.807, 2.05) is 0 Å². The predicted molar refractivity (Wildman–Crippen MR) is 83.5 cm³/mol. The Hall–Kier alpha value is -0.0800. The monoisotopic (exact) mass is 266 g/mol. The topological polar surface area (TPSA) is 15.3 Å². The summed E-state index contributed by atoms with van der Waals surface area (Å²) in [7, 11) is 2.16. The van der Waals surface area contributed by atoms with Gasteiger partial charge in [0.2, 0.25) is 0 Å². The molecule has 0 aromatic rings. The average Bonchev–Trinajstić information content (AvgIpc) is 2.93. The molecule has 0 heterocycles. The molecule has 0 saturated heterocycles. The number of nitrogens with one attached hydrogen (secondary N) is 1. The van der Waals surface area contributed by atoms with Crippen LogP contribution in [0.5, 0.6) is 0 Å². The summed E-state index contributed by atoms with van der Waals surface area (Å²) in [5.74, 6) is 0.834. The first-order valence-electron chi connectivity index (χ1n) is 8.65. The molecule has 2 aliphatic carbocycles. The summed E-state index contributed by atoms with van der Waals surface area (Å²) in [6.45, 7) is 6.05. The normalized spacial score (nSPS) is 29.5. The van der Waals surface area contributed by atoms with Gasteiger partial charge in [-0.1, -0.05) is 39.5 Å². The molecule has 2 unspecified atom stereocenters. The number of nitrogens with zero attached hydrogens (tertiary/aromatic N) is 1. The van der Waals surface area contributed by atoms with Crippen molar-refractivity contribution in [1.29, 1.82) is 0 Å². The Bertz CT molecular complexity index is 246. The highest BCUT2D eigenvalue weighted by molar-refractivity contribution is 4.91. The smallest absolute Gasteiger partial charge is 0.0252 e. The van der Waals surface area contributed by atoms with Gasteiger partial charge in [-0.2, -0.15) is 0 Å². The van der Waals surface area contributed by atoms with E-state index in [0.29, 0.717) is 0 Å².